The monoisotopic (exact) mass is 272 g/mol. The molecule has 14 heavy (non-hydrogen) atoms. The molecule has 0 aliphatic carbocycles. The molecule has 1 nitrogen and oxygen atoms in total. The molecule has 0 radical (unpaired) electrons. The van der Waals surface area contributed by atoms with E-state index in [1.165, 1.54) is 22.0 Å². The van der Waals surface area contributed by atoms with Crippen LogP contribution in [0.25, 0.3) is 6.08 Å². The van der Waals surface area contributed by atoms with Crippen LogP contribution in [0.15, 0.2) is 16.8 Å². The minimum atomic E-state index is 1.10. The Labute approximate surface area is 95.9 Å². The molecule has 0 bridgehead atoms. The fraction of sp³-hybridized carbons (Fsp3) is 0.273. The molecule has 76 valence electrons. The Morgan fingerprint density at radius 2 is 2.07 bits per heavy atom. The van der Waals surface area contributed by atoms with Crippen molar-refractivity contribution >= 4 is 36.6 Å². The van der Waals surface area contributed by atoms with Gasteiger partial charge < -0.3 is 4.74 Å². The predicted molar refractivity (Wildman–Crippen MR) is 69.0 cm³/mol. The van der Waals surface area contributed by atoms with Gasteiger partial charge in [0.05, 0.1) is 13.4 Å². The van der Waals surface area contributed by atoms with Crippen LogP contribution in [0.5, 0.6) is 0 Å². The lowest BCUT2D eigenvalue weighted by Gasteiger charge is -2.10. The largest absolute Gasteiger partial charge is 0.504 e. The van der Waals surface area contributed by atoms with E-state index in [4.69, 9.17) is 4.74 Å². The Morgan fingerprint density at radius 3 is 2.64 bits per heavy atom. The van der Waals surface area contributed by atoms with Gasteiger partial charge in [-0.2, -0.15) is 0 Å². The zero-order valence-corrected chi connectivity index (χ0v) is 11.3. The van der Waals surface area contributed by atoms with Crippen LogP contribution in [0.4, 0.5) is 0 Å². The SMILES string of the molecule is CO/C=C\c1c(Br)cc(C)c(P)c1C. The standard InChI is InChI=1S/C11H14BrOP/c1-7-6-10(12)9(4-5-13-3)8(2)11(7)14/h4-6H,14H2,1-3H3/b5-4-. The third-order valence-electron chi connectivity index (χ3n) is 2.20. The molecule has 0 N–H and O–H groups in total. The molecule has 3 heteroatoms. The summed E-state index contributed by atoms with van der Waals surface area (Å²) in [6, 6.07) is 2.12. The van der Waals surface area contributed by atoms with E-state index in [0.29, 0.717) is 0 Å². The Bertz CT molecular complexity index is 372. The number of halogens is 1. The molecule has 0 amide bonds. The highest BCUT2D eigenvalue weighted by Gasteiger charge is 2.06. The fourth-order valence-corrected chi connectivity index (χ4v) is 2.32. The number of rotatable bonds is 2. The second-order valence-electron chi connectivity index (χ2n) is 3.17. The average Bonchev–Trinajstić information content (AvgIpc) is 2.14. The minimum absolute atomic E-state index is 1.10. The number of ether oxygens (including phenoxy) is 1. The van der Waals surface area contributed by atoms with Gasteiger partial charge in [-0.05, 0) is 48.0 Å². The van der Waals surface area contributed by atoms with E-state index in [9.17, 15) is 0 Å². The summed E-state index contributed by atoms with van der Waals surface area (Å²) >= 11 is 3.55. The third-order valence-corrected chi connectivity index (χ3v) is 3.75. The molecule has 0 heterocycles. The Hall–Kier alpha value is -0.330. The Balaban J connectivity index is 3.29. The highest BCUT2D eigenvalue weighted by atomic mass is 79.9. The molecule has 1 unspecified atom stereocenters. The minimum Gasteiger partial charge on any atom is -0.504 e. The van der Waals surface area contributed by atoms with Crippen LogP contribution < -0.4 is 5.30 Å². The van der Waals surface area contributed by atoms with Crippen molar-refractivity contribution < 1.29 is 4.74 Å². The summed E-state index contributed by atoms with van der Waals surface area (Å²) < 4.78 is 6.02. The first-order valence-electron chi connectivity index (χ1n) is 4.32. The molecule has 0 saturated heterocycles. The maximum atomic E-state index is 4.92. The molecule has 1 rings (SSSR count). The number of hydrogen-bond donors (Lipinski definition) is 0. The second-order valence-corrected chi connectivity index (χ2v) is 4.60. The van der Waals surface area contributed by atoms with Crippen LogP contribution in [-0.2, 0) is 4.74 Å². The topological polar surface area (TPSA) is 9.23 Å². The van der Waals surface area contributed by atoms with Crippen molar-refractivity contribution in [1.82, 2.24) is 0 Å². The molecule has 0 fully saturated rings. The van der Waals surface area contributed by atoms with Gasteiger partial charge in [-0.25, -0.2) is 0 Å². The van der Waals surface area contributed by atoms with Crippen molar-refractivity contribution in [2.45, 2.75) is 13.8 Å². The fourth-order valence-electron chi connectivity index (χ4n) is 1.31. The smallest absolute Gasteiger partial charge is 0.0831 e. The molecular weight excluding hydrogens is 259 g/mol. The first-order valence-corrected chi connectivity index (χ1v) is 5.69. The van der Waals surface area contributed by atoms with Crippen molar-refractivity contribution in [1.29, 1.82) is 0 Å². The number of hydrogen-bond acceptors (Lipinski definition) is 1. The molecule has 1 aromatic carbocycles. The van der Waals surface area contributed by atoms with Crippen LogP contribution >= 0.6 is 25.2 Å². The predicted octanol–water partition coefficient (Wildman–Crippen LogP) is 3.18. The van der Waals surface area contributed by atoms with Crippen LogP contribution in [0, 0.1) is 13.8 Å². The maximum Gasteiger partial charge on any atom is 0.0831 e. The molecule has 0 aliphatic heterocycles. The molecule has 0 spiro atoms. The van der Waals surface area contributed by atoms with Gasteiger partial charge in [0, 0.05) is 4.47 Å². The van der Waals surface area contributed by atoms with Crippen LogP contribution in [-0.4, -0.2) is 7.11 Å². The van der Waals surface area contributed by atoms with E-state index in [1.54, 1.807) is 13.4 Å². The van der Waals surface area contributed by atoms with Crippen LogP contribution in [0.3, 0.4) is 0 Å². The Kier molecular flexibility index (Phi) is 4.15. The lowest BCUT2D eigenvalue weighted by molar-refractivity contribution is 0.341. The number of methoxy groups -OCH3 is 1. The Morgan fingerprint density at radius 1 is 1.43 bits per heavy atom. The summed E-state index contributed by atoms with van der Waals surface area (Å²) in [7, 11) is 4.42. The van der Waals surface area contributed by atoms with Crippen LogP contribution in [0.2, 0.25) is 0 Å². The summed E-state index contributed by atoms with van der Waals surface area (Å²) in [5.41, 5.74) is 3.70. The third kappa shape index (κ3) is 2.37. The maximum absolute atomic E-state index is 4.92. The first kappa shape index (κ1) is 11.7. The molecule has 0 aliphatic rings. The number of aryl methyl sites for hydroxylation is 1. The van der Waals surface area contributed by atoms with Gasteiger partial charge in [0.25, 0.3) is 0 Å². The van der Waals surface area contributed by atoms with Gasteiger partial charge in [-0.3, -0.25) is 0 Å². The lowest BCUT2D eigenvalue weighted by Crippen LogP contribution is -2.04. The van der Waals surface area contributed by atoms with E-state index in [0.717, 1.165) is 4.47 Å². The van der Waals surface area contributed by atoms with E-state index < -0.39 is 0 Å². The normalized spacial score (nSPS) is 10.9. The summed E-state index contributed by atoms with van der Waals surface area (Å²) in [5, 5.41) is 1.25. The summed E-state index contributed by atoms with van der Waals surface area (Å²) in [6.07, 6.45) is 3.65. The van der Waals surface area contributed by atoms with E-state index in [2.05, 4.69) is 45.1 Å². The first-order chi connectivity index (χ1) is 6.57. The average molecular weight is 273 g/mol. The lowest BCUT2D eigenvalue weighted by atomic mass is 10.1. The highest BCUT2D eigenvalue weighted by molar-refractivity contribution is 9.10. The van der Waals surface area contributed by atoms with E-state index in [1.807, 2.05) is 6.08 Å². The molecular formula is C11H14BrOP. The van der Waals surface area contributed by atoms with Crippen molar-refractivity contribution in [3.63, 3.8) is 0 Å². The van der Waals surface area contributed by atoms with Gasteiger partial charge in [-0.15, -0.1) is 9.24 Å². The summed E-state index contributed by atoms with van der Waals surface area (Å²) in [4.78, 5) is 0. The zero-order chi connectivity index (χ0) is 10.7. The highest BCUT2D eigenvalue weighted by Crippen LogP contribution is 2.23. The van der Waals surface area contributed by atoms with Gasteiger partial charge in [0.15, 0.2) is 0 Å². The van der Waals surface area contributed by atoms with Crippen molar-refractivity contribution in [3.05, 3.63) is 33.5 Å². The quantitative estimate of drug-likeness (QED) is 0.594. The second kappa shape index (κ2) is 4.95. The summed E-state index contributed by atoms with van der Waals surface area (Å²) in [5.74, 6) is 0. The summed E-state index contributed by atoms with van der Waals surface area (Å²) in [6.45, 7) is 4.21. The van der Waals surface area contributed by atoms with Gasteiger partial charge in [0.2, 0.25) is 0 Å². The van der Waals surface area contributed by atoms with Crippen LogP contribution in [0.1, 0.15) is 16.7 Å². The molecule has 1 aromatic rings. The number of benzene rings is 1. The van der Waals surface area contributed by atoms with Crippen molar-refractivity contribution in [2.75, 3.05) is 7.11 Å². The molecule has 1 atom stereocenters. The van der Waals surface area contributed by atoms with Gasteiger partial charge in [-0.1, -0.05) is 15.9 Å². The zero-order valence-electron chi connectivity index (χ0n) is 8.60. The van der Waals surface area contributed by atoms with Gasteiger partial charge in [0.1, 0.15) is 0 Å². The van der Waals surface area contributed by atoms with Gasteiger partial charge >= 0.3 is 0 Å². The molecule has 0 aromatic heterocycles. The van der Waals surface area contributed by atoms with Crippen molar-refractivity contribution in [2.24, 2.45) is 0 Å². The van der Waals surface area contributed by atoms with Crippen molar-refractivity contribution in [3.8, 4) is 0 Å². The van der Waals surface area contributed by atoms with E-state index >= 15 is 0 Å². The van der Waals surface area contributed by atoms with E-state index in [-0.39, 0.29) is 0 Å². The molecule has 0 saturated carbocycles.